The van der Waals surface area contributed by atoms with Crippen LogP contribution in [0.15, 0.2) is 0 Å². The Morgan fingerprint density at radius 2 is 1.80 bits per heavy atom. The Balaban J connectivity index is 2.80. The molecule has 0 aliphatic rings. The van der Waals surface area contributed by atoms with Crippen molar-refractivity contribution in [3.05, 3.63) is 11.4 Å². The largest absolute Gasteiger partial charge is 0.373 e. The van der Waals surface area contributed by atoms with E-state index in [0.717, 1.165) is 23.0 Å². The minimum absolute atomic E-state index is 0.181. The molecule has 0 atom stereocenters. The molecule has 1 rings (SSSR count). The van der Waals surface area contributed by atoms with Gasteiger partial charge in [-0.3, -0.25) is 0 Å². The summed E-state index contributed by atoms with van der Waals surface area (Å²) in [5.41, 5.74) is 0.941. The van der Waals surface area contributed by atoms with Crippen molar-refractivity contribution in [2.45, 2.75) is 33.1 Å². The fourth-order valence-electron chi connectivity index (χ4n) is 1.75. The van der Waals surface area contributed by atoms with E-state index >= 15 is 0 Å². The third-order valence-corrected chi connectivity index (χ3v) is 3.93. The third-order valence-electron chi connectivity index (χ3n) is 2.90. The van der Waals surface area contributed by atoms with Gasteiger partial charge in [-0.1, -0.05) is 13.8 Å². The maximum Gasteiger partial charge on any atom is 0.147 e. The van der Waals surface area contributed by atoms with Crippen molar-refractivity contribution in [2.24, 2.45) is 0 Å². The van der Waals surface area contributed by atoms with Crippen molar-refractivity contribution < 1.29 is 8.42 Å². The summed E-state index contributed by atoms with van der Waals surface area (Å²) < 4.78 is 22.2. The van der Waals surface area contributed by atoms with Crippen LogP contribution in [0, 0.1) is 6.92 Å². The molecule has 0 aromatic carbocycles. The van der Waals surface area contributed by atoms with Gasteiger partial charge >= 0.3 is 0 Å². The quantitative estimate of drug-likeness (QED) is 0.747. The number of rotatable bonds is 7. The number of nitrogens with one attached hydrogen (secondary N) is 2. The van der Waals surface area contributed by atoms with E-state index in [2.05, 4.69) is 20.6 Å². The zero-order chi connectivity index (χ0) is 15.3. The van der Waals surface area contributed by atoms with Crippen LogP contribution in [-0.4, -0.2) is 44.0 Å². The zero-order valence-corrected chi connectivity index (χ0v) is 13.6. The highest BCUT2D eigenvalue weighted by Gasteiger charge is 2.12. The molecule has 6 nitrogen and oxygen atoms in total. The first-order valence-electron chi connectivity index (χ1n) is 6.72. The van der Waals surface area contributed by atoms with Crippen LogP contribution in [0.3, 0.4) is 0 Å². The number of nitrogens with zero attached hydrogens (tertiary/aromatic N) is 2. The summed E-state index contributed by atoms with van der Waals surface area (Å²) in [7, 11) is -1.08. The molecule has 0 aliphatic carbocycles. The summed E-state index contributed by atoms with van der Waals surface area (Å²) in [6, 6.07) is 0. The second-order valence-corrected chi connectivity index (χ2v) is 7.48. The molecule has 1 heterocycles. The normalized spacial score (nSPS) is 11.7. The summed E-state index contributed by atoms with van der Waals surface area (Å²) in [4.78, 5) is 8.96. The van der Waals surface area contributed by atoms with Crippen LogP contribution in [0.4, 0.5) is 11.6 Å². The van der Waals surface area contributed by atoms with Crippen LogP contribution < -0.4 is 10.6 Å². The molecule has 0 radical (unpaired) electrons. The van der Waals surface area contributed by atoms with Crippen molar-refractivity contribution in [2.75, 3.05) is 36.2 Å². The summed E-state index contributed by atoms with van der Waals surface area (Å²) in [6.45, 7) is 6.59. The van der Waals surface area contributed by atoms with Crippen LogP contribution in [0.25, 0.3) is 0 Å². The Hall–Kier alpha value is -1.37. The zero-order valence-electron chi connectivity index (χ0n) is 12.8. The lowest BCUT2D eigenvalue weighted by Gasteiger charge is -2.15. The molecule has 0 bridgehead atoms. The van der Waals surface area contributed by atoms with Gasteiger partial charge in [-0.15, -0.1) is 0 Å². The first kappa shape index (κ1) is 16.7. The summed E-state index contributed by atoms with van der Waals surface area (Å²) in [5.74, 6) is 2.75. The van der Waals surface area contributed by atoms with Crippen molar-refractivity contribution in [3.8, 4) is 0 Å². The molecule has 0 aliphatic heterocycles. The minimum Gasteiger partial charge on any atom is -0.373 e. The highest BCUT2D eigenvalue weighted by Crippen LogP contribution is 2.22. The van der Waals surface area contributed by atoms with Gasteiger partial charge in [0.25, 0.3) is 0 Å². The van der Waals surface area contributed by atoms with E-state index in [1.165, 1.54) is 6.26 Å². The number of hydrogen-bond acceptors (Lipinski definition) is 6. The van der Waals surface area contributed by atoms with Gasteiger partial charge in [0, 0.05) is 31.3 Å². The lowest BCUT2D eigenvalue weighted by molar-refractivity contribution is 0.600. The number of sulfone groups is 1. The SMILES string of the molecule is CNc1nc(C(C)C)nc(NCCCS(C)(=O)=O)c1C. The number of aromatic nitrogens is 2. The summed E-state index contributed by atoms with van der Waals surface area (Å²) >= 11 is 0. The Kier molecular flexibility index (Phi) is 5.74. The van der Waals surface area contributed by atoms with E-state index in [1.807, 2.05) is 27.8 Å². The monoisotopic (exact) mass is 300 g/mol. The van der Waals surface area contributed by atoms with Gasteiger partial charge in [-0.05, 0) is 13.3 Å². The Labute approximate surface area is 121 Å². The first-order valence-corrected chi connectivity index (χ1v) is 8.78. The molecular formula is C13H24N4O2S. The lowest BCUT2D eigenvalue weighted by atomic mass is 10.2. The van der Waals surface area contributed by atoms with Gasteiger partial charge in [-0.2, -0.15) is 0 Å². The molecule has 1 aromatic heterocycles. The maximum absolute atomic E-state index is 11.1. The summed E-state index contributed by atoms with van der Waals surface area (Å²) in [6.07, 6.45) is 1.81. The molecule has 1 aromatic rings. The van der Waals surface area contributed by atoms with E-state index in [-0.39, 0.29) is 11.7 Å². The van der Waals surface area contributed by atoms with Gasteiger partial charge in [0.2, 0.25) is 0 Å². The molecule has 0 amide bonds. The Bertz CT molecular complexity index is 556. The number of anilines is 2. The van der Waals surface area contributed by atoms with Gasteiger partial charge < -0.3 is 10.6 Å². The standard InChI is InChI=1S/C13H24N4O2S/c1-9(2)11-16-12(14-4)10(3)13(17-11)15-7-6-8-20(5,18)19/h9H,6-8H2,1-5H3,(H2,14,15,16,17). The molecule has 0 saturated carbocycles. The smallest absolute Gasteiger partial charge is 0.147 e. The average molecular weight is 300 g/mol. The molecular weight excluding hydrogens is 276 g/mol. The average Bonchev–Trinajstić information content (AvgIpc) is 2.34. The second-order valence-electron chi connectivity index (χ2n) is 5.22. The van der Waals surface area contributed by atoms with Crippen molar-refractivity contribution in [1.82, 2.24) is 9.97 Å². The fourth-order valence-corrected chi connectivity index (χ4v) is 2.42. The van der Waals surface area contributed by atoms with Crippen LogP contribution in [0.2, 0.25) is 0 Å². The van der Waals surface area contributed by atoms with E-state index in [9.17, 15) is 8.42 Å². The van der Waals surface area contributed by atoms with E-state index in [0.29, 0.717) is 13.0 Å². The Morgan fingerprint density at radius 1 is 1.20 bits per heavy atom. The van der Waals surface area contributed by atoms with Gasteiger partial charge in [-0.25, -0.2) is 18.4 Å². The van der Waals surface area contributed by atoms with Gasteiger partial charge in [0.1, 0.15) is 27.3 Å². The summed E-state index contributed by atoms with van der Waals surface area (Å²) in [5, 5.41) is 6.26. The lowest BCUT2D eigenvalue weighted by Crippen LogP contribution is -2.14. The van der Waals surface area contributed by atoms with E-state index in [1.54, 1.807) is 0 Å². The fraction of sp³-hybridized carbons (Fsp3) is 0.692. The van der Waals surface area contributed by atoms with Crippen molar-refractivity contribution in [3.63, 3.8) is 0 Å². The topological polar surface area (TPSA) is 84.0 Å². The van der Waals surface area contributed by atoms with Gasteiger partial charge in [0.15, 0.2) is 0 Å². The molecule has 0 unspecified atom stereocenters. The van der Waals surface area contributed by atoms with Crippen LogP contribution in [0.1, 0.15) is 37.6 Å². The van der Waals surface area contributed by atoms with E-state index in [4.69, 9.17) is 0 Å². The highest BCUT2D eigenvalue weighted by atomic mass is 32.2. The molecule has 0 saturated heterocycles. The van der Waals surface area contributed by atoms with Crippen molar-refractivity contribution in [1.29, 1.82) is 0 Å². The molecule has 7 heteroatoms. The van der Waals surface area contributed by atoms with Gasteiger partial charge in [0.05, 0.1) is 5.75 Å². The van der Waals surface area contributed by atoms with Crippen LogP contribution in [0.5, 0.6) is 0 Å². The Morgan fingerprint density at radius 3 is 2.30 bits per heavy atom. The maximum atomic E-state index is 11.1. The van der Waals surface area contributed by atoms with Crippen molar-refractivity contribution >= 4 is 21.5 Å². The predicted molar refractivity (Wildman–Crippen MR) is 83.2 cm³/mol. The molecule has 0 spiro atoms. The van der Waals surface area contributed by atoms with E-state index < -0.39 is 9.84 Å². The minimum atomic E-state index is -2.91. The molecule has 20 heavy (non-hydrogen) atoms. The third kappa shape index (κ3) is 4.96. The molecule has 0 fully saturated rings. The van der Waals surface area contributed by atoms with Crippen LogP contribution in [-0.2, 0) is 9.84 Å². The molecule has 2 N–H and O–H groups in total. The first-order chi connectivity index (χ1) is 9.24. The second kappa shape index (κ2) is 6.88. The van der Waals surface area contributed by atoms with Crippen LogP contribution >= 0.6 is 0 Å². The predicted octanol–water partition coefficient (Wildman–Crippen LogP) is 1.80. The molecule has 114 valence electrons. The highest BCUT2D eigenvalue weighted by molar-refractivity contribution is 7.90. The number of hydrogen-bond donors (Lipinski definition) is 2.